The number of hydrogen-bond donors (Lipinski definition) is 0. The number of rotatable bonds is 2. The van der Waals surface area contributed by atoms with E-state index >= 15 is 0 Å². The van der Waals surface area contributed by atoms with Gasteiger partial charge in [0.1, 0.15) is 5.82 Å². The number of benzene rings is 1. The van der Waals surface area contributed by atoms with Gasteiger partial charge in [-0.3, -0.25) is 4.98 Å². The Labute approximate surface area is 122 Å². The Kier molecular flexibility index (Phi) is 3.69. The minimum atomic E-state index is 0.518. The molecule has 0 spiro atoms. The number of anilines is 1. The van der Waals surface area contributed by atoms with Gasteiger partial charge in [0.2, 0.25) is 0 Å². The monoisotopic (exact) mass is 319 g/mol. The van der Waals surface area contributed by atoms with E-state index < -0.39 is 0 Å². The standard InChI is InChI=1S/C15H18BrN3/c1-19(14-9-5-2-6-11(14)16)15-10-17-12-7-3-4-8-13(12)18-15/h3-4,7-8,10-11,14H,2,5-6,9H2,1H3. The largest absolute Gasteiger partial charge is 0.354 e. The molecular weight excluding hydrogens is 302 g/mol. The third-order valence-corrected chi connectivity index (χ3v) is 5.01. The molecular formula is C15H18BrN3. The summed E-state index contributed by atoms with van der Waals surface area (Å²) in [4.78, 5) is 12.1. The Morgan fingerprint density at radius 2 is 1.89 bits per heavy atom. The topological polar surface area (TPSA) is 29.0 Å². The van der Waals surface area contributed by atoms with E-state index in [2.05, 4.69) is 32.9 Å². The summed E-state index contributed by atoms with van der Waals surface area (Å²) in [5.41, 5.74) is 1.92. The average Bonchev–Trinajstić information content (AvgIpc) is 2.46. The Morgan fingerprint density at radius 3 is 2.68 bits per heavy atom. The zero-order valence-corrected chi connectivity index (χ0v) is 12.7. The molecule has 1 aliphatic carbocycles. The van der Waals surface area contributed by atoms with Crippen LogP contribution in [0.1, 0.15) is 25.7 Å². The minimum absolute atomic E-state index is 0.518. The third-order valence-electron chi connectivity index (χ3n) is 3.94. The maximum absolute atomic E-state index is 4.73. The summed E-state index contributed by atoms with van der Waals surface area (Å²) in [6.07, 6.45) is 6.98. The quantitative estimate of drug-likeness (QED) is 0.789. The van der Waals surface area contributed by atoms with Gasteiger partial charge < -0.3 is 4.90 Å². The molecule has 19 heavy (non-hydrogen) atoms. The van der Waals surface area contributed by atoms with E-state index in [1.54, 1.807) is 0 Å². The number of alkyl halides is 1. The van der Waals surface area contributed by atoms with Crippen LogP contribution in [0.25, 0.3) is 11.0 Å². The molecule has 1 aromatic heterocycles. The van der Waals surface area contributed by atoms with Gasteiger partial charge >= 0.3 is 0 Å². The van der Waals surface area contributed by atoms with Crippen molar-refractivity contribution in [3.63, 3.8) is 0 Å². The number of aromatic nitrogens is 2. The van der Waals surface area contributed by atoms with Gasteiger partial charge in [-0.1, -0.05) is 40.9 Å². The summed E-state index contributed by atoms with van der Waals surface area (Å²) in [6, 6.07) is 8.54. The van der Waals surface area contributed by atoms with Crippen molar-refractivity contribution in [1.29, 1.82) is 0 Å². The Balaban J connectivity index is 1.90. The molecule has 100 valence electrons. The molecule has 1 fully saturated rings. The van der Waals surface area contributed by atoms with Crippen molar-refractivity contribution >= 4 is 32.8 Å². The molecule has 1 aromatic carbocycles. The number of hydrogen-bond acceptors (Lipinski definition) is 3. The van der Waals surface area contributed by atoms with Crippen LogP contribution in [0, 0.1) is 0 Å². The lowest BCUT2D eigenvalue weighted by Gasteiger charge is -2.35. The molecule has 4 heteroatoms. The van der Waals surface area contributed by atoms with Crippen LogP contribution in [0.2, 0.25) is 0 Å². The molecule has 3 rings (SSSR count). The van der Waals surface area contributed by atoms with Crippen molar-refractivity contribution in [2.75, 3.05) is 11.9 Å². The summed E-state index contributed by atoms with van der Waals surface area (Å²) in [7, 11) is 2.13. The first-order chi connectivity index (χ1) is 9.25. The first kappa shape index (κ1) is 12.9. The van der Waals surface area contributed by atoms with E-state index in [4.69, 9.17) is 4.98 Å². The van der Waals surface area contributed by atoms with E-state index in [9.17, 15) is 0 Å². The second-order valence-electron chi connectivity index (χ2n) is 5.20. The van der Waals surface area contributed by atoms with Gasteiger partial charge in [-0.2, -0.15) is 0 Å². The van der Waals surface area contributed by atoms with E-state index in [0.717, 1.165) is 16.9 Å². The summed E-state index contributed by atoms with van der Waals surface area (Å²) >= 11 is 3.81. The summed E-state index contributed by atoms with van der Waals surface area (Å²) in [5.74, 6) is 0.968. The second kappa shape index (κ2) is 5.45. The zero-order chi connectivity index (χ0) is 13.2. The molecule has 2 aromatic rings. The van der Waals surface area contributed by atoms with Crippen molar-refractivity contribution in [3.8, 4) is 0 Å². The first-order valence-electron chi connectivity index (χ1n) is 6.84. The Hall–Kier alpha value is -1.16. The maximum Gasteiger partial charge on any atom is 0.147 e. The van der Waals surface area contributed by atoms with Crippen LogP contribution in [-0.4, -0.2) is 27.9 Å². The first-order valence-corrected chi connectivity index (χ1v) is 7.76. The fourth-order valence-electron chi connectivity index (χ4n) is 2.79. The van der Waals surface area contributed by atoms with Crippen molar-refractivity contribution in [2.45, 2.75) is 36.6 Å². The van der Waals surface area contributed by atoms with Crippen molar-refractivity contribution in [2.24, 2.45) is 0 Å². The van der Waals surface area contributed by atoms with Crippen LogP contribution >= 0.6 is 15.9 Å². The average molecular weight is 320 g/mol. The highest BCUT2D eigenvalue weighted by molar-refractivity contribution is 9.09. The fraction of sp³-hybridized carbons (Fsp3) is 0.467. The van der Waals surface area contributed by atoms with Crippen LogP contribution in [0.4, 0.5) is 5.82 Å². The maximum atomic E-state index is 4.73. The van der Waals surface area contributed by atoms with Gasteiger partial charge in [0.15, 0.2) is 0 Å². The van der Waals surface area contributed by atoms with Gasteiger partial charge in [0.05, 0.1) is 17.2 Å². The van der Waals surface area contributed by atoms with E-state index in [1.165, 1.54) is 25.7 Å². The highest BCUT2D eigenvalue weighted by Crippen LogP contribution is 2.30. The Morgan fingerprint density at radius 1 is 1.16 bits per heavy atom. The molecule has 0 amide bonds. The zero-order valence-electron chi connectivity index (χ0n) is 11.1. The highest BCUT2D eigenvalue weighted by atomic mass is 79.9. The molecule has 3 nitrogen and oxygen atoms in total. The minimum Gasteiger partial charge on any atom is -0.354 e. The summed E-state index contributed by atoms with van der Waals surface area (Å²) in [5, 5.41) is 0. The molecule has 1 heterocycles. The van der Waals surface area contributed by atoms with Crippen LogP contribution in [0.3, 0.4) is 0 Å². The van der Waals surface area contributed by atoms with Crippen molar-refractivity contribution in [3.05, 3.63) is 30.5 Å². The van der Waals surface area contributed by atoms with Crippen molar-refractivity contribution < 1.29 is 0 Å². The molecule has 0 N–H and O–H groups in total. The molecule has 0 radical (unpaired) electrons. The SMILES string of the molecule is CN(c1cnc2ccccc2n1)C1CCCCC1Br. The molecule has 0 bridgehead atoms. The lowest BCUT2D eigenvalue weighted by Crippen LogP contribution is -2.41. The molecule has 1 saturated carbocycles. The van der Waals surface area contributed by atoms with Crippen LogP contribution in [0.5, 0.6) is 0 Å². The lowest BCUT2D eigenvalue weighted by atomic mass is 9.94. The van der Waals surface area contributed by atoms with Gasteiger partial charge in [-0.05, 0) is 25.0 Å². The molecule has 2 unspecified atom stereocenters. The number of halogens is 1. The lowest BCUT2D eigenvalue weighted by molar-refractivity contribution is 0.442. The van der Waals surface area contributed by atoms with Gasteiger partial charge in [0.25, 0.3) is 0 Å². The van der Waals surface area contributed by atoms with E-state index in [0.29, 0.717) is 10.9 Å². The van der Waals surface area contributed by atoms with Gasteiger partial charge in [-0.25, -0.2) is 4.98 Å². The highest BCUT2D eigenvalue weighted by Gasteiger charge is 2.27. The molecule has 0 saturated heterocycles. The number of nitrogens with zero attached hydrogens (tertiary/aromatic N) is 3. The summed E-state index contributed by atoms with van der Waals surface area (Å²) in [6.45, 7) is 0. The fourth-order valence-corrected chi connectivity index (χ4v) is 3.73. The van der Waals surface area contributed by atoms with Gasteiger partial charge in [0, 0.05) is 17.9 Å². The predicted octanol–water partition coefficient (Wildman–Crippen LogP) is 3.77. The number of para-hydroxylation sites is 2. The van der Waals surface area contributed by atoms with Crippen LogP contribution in [-0.2, 0) is 0 Å². The Bertz CT molecular complexity index is 572. The van der Waals surface area contributed by atoms with E-state index in [1.807, 2.05) is 30.5 Å². The van der Waals surface area contributed by atoms with E-state index in [-0.39, 0.29) is 0 Å². The summed E-state index contributed by atoms with van der Waals surface area (Å²) < 4.78 is 0. The predicted molar refractivity (Wildman–Crippen MR) is 82.9 cm³/mol. The second-order valence-corrected chi connectivity index (χ2v) is 6.37. The smallest absolute Gasteiger partial charge is 0.147 e. The van der Waals surface area contributed by atoms with Crippen molar-refractivity contribution in [1.82, 2.24) is 9.97 Å². The number of fused-ring (bicyclic) bond motifs is 1. The molecule has 1 aliphatic rings. The normalized spacial score (nSPS) is 23.5. The van der Waals surface area contributed by atoms with Crippen LogP contribution < -0.4 is 4.90 Å². The van der Waals surface area contributed by atoms with Gasteiger partial charge in [-0.15, -0.1) is 0 Å². The van der Waals surface area contributed by atoms with Crippen LogP contribution in [0.15, 0.2) is 30.5 Å². The molecule has 2 atom stereocenters. The molecule has 0 aliphatic heterocycles. The third kappa shape index (κ3) is 2.59.